The van der Waals surface area contributed by atoms with Gasteiger partial charge >= 0.3 is 0 Å². The Morgan fingerprint density at radius 1 is 1.34 bits per heavy atom. The van der Waals surface area contributed by atoms with Gasteiger partial charge in [-0.2, -0.15) is 0 Å². The van der Waals surface area contributed by atoms with Gasteiger partial charge in [0, 0.05) is 31.7 Å². The molecule has 5 heteroatoms. The first-order chi connectivity index (χ1) is 14.2. The van der Waals surface area contributed by atoms with E-state index in [2.05, 4.69) is 41.9 Å². The summed E-state index contributed by atoms with van der Waals surface area (Å²) in [4.78, 5) is 21.6. The lowest BCUT2D eigenvalue weighted by atomic mass is 9.94. The molecule has 2 aromatic rings. The Hall–Kier alpha value is -2.40. The van der Waals surface area contributed by atoms with E-state index in [0.717, 1.165) is 56.8 Å². The molecule has 4 rings (SSSR count). The molecule has 5 nitrogen and oxygen atoms in total. The van der Waals surface area contributed by atoms with Crippen LogP contribution in [0.5, 0.6) is 5.75 Å². The highest BCUT2D eigenvalue weighted by Gasteiger charge is 2.33. The number of benzene rings is 1. The standard InChI is InChI=1S/C24H31N3O2/c1-3-4-11-27(22-6-5-10-25-15-22)24(28)17-26-16-21(13-18(26)2)19-7-8-23-20(14-19)9-12-29-23/h5-8,10,14-15,18,21H,3-4,9,11-13,16-17H2,1-2H3/t18?,21-/m1/s1. The average Bonchev–Trinajstić information content (AvgIpc) is 3.35. The fourth-order valence-corrected chi connectivity index (χ4v) is 4.51. The molecule has 1 amide bonds. The SMILES string of the molecule is CCCCN(C(=O)CN1C[C@H](c2ccc3c(c2)CCO3)CC1C)c1cccnc1. The van der Waals surface area contributed by atoms with Crippen molar-refractivity contribution >= 4 is 11.6 Å². The maximum atomic E-state index is 13.2. The van der Waals surface area contributed by atoms with Gasteiger partial charge in [0.05, 0.1) is 25.0 Å². The monoisotopic (exact) mass is 393 g/mol. The summed E-state index contributed by atoms with van der Waals surface area (Å²) < 4.78 is 5.65. The van der Waals surface area contributed by atoms with Crippen LogP contribution in [0.2, 0.25) is 0 Å². The van der Waals surface area contributed by atoms with Gasteiger partial charge in [0.2, 0.25) is 5.91 Å². The topological polar surface area (TPSA) is 45.7 Å². The van der Waals surface area contributed by atoms with E-state index in [0.29, 0.717) is 18.5 Å². The summed E-state index contributed by atoms with van der Waals surface area (Å²) in [5.41, 5.74) is 3.60. The predicted octanol–water partition coefficient (Wildman–Crippen LogP) is 4.03. The van der Waals surface area contributed by atoms with Crippen molar-refractivity contribution in [1.82, 2.24) is 9.88 Å². The van der Waals surface area contributed by atoms with Crippen molar-refractivity contribution in [3.63, 3.8) is 0 Å². The molecule has 2 aliphatic rings. The third kappa shape index (κ3) is 4.45. The molecule has 0 aliphatic carbocycles. The molecule has 0 spiro atoms. The first kappa shape index (κ1) is 19.9. The number of amides is 1. The normalized spacial score (nSPS) is 21.0. The number of carbonyl (C=O) groups is 1. The highest BCUT2D eigenvalue weighted by atomic mass is 16.5. The van der Waals surface area contributed by atoms with Crippen molar-refractivity contribution < 1.29 is 9.53 Å². The van der Waals surface area contributed by atoms with Crippen molar-refractivity contribution in [2.75, 3.05) is 31.1 Å². The van der Waals surface area contributed by atoms with Gasteiger partial charge in [-0.25, -0.2) is 0 Å². The van der Waals surface area contributed by atoms with E-state index in [1.54, 1.807) is 12.4 Å². The number of rotatable bonds is 7. The zero-order valence-electron chi connectivity index (χ0n) is 17.5. The second kappa shape index (κ2) is 8.95. The van der Waals surface area contributed by atoms with E-state index < -0.39 is 0 Å². The van der Waals surface area contributed by atoms with Crippen molar-refractivity contribution in [3.8, 4) is 5.75 Å². The molecule has 2 aliphatic heterocycles. The Labute approximate surface area is 173 Å². The van der Waals surface area contributed by atoms with Gasteiger partial charge in [-0.1, -0.05) is 25.5 Å². The molecule has 0 bridgehead atoms. The van der Waals surface area contributed by atoms with Crippen LogP contribution in [0, 0.1) is 0 Å². The number of unbranched alkanes of at least 4 members (excludes halogenated alkanes) is 1. The number of ether oxygens (including phenoxy) is 1. The molecule has 1 aromatic heterocycles. The first-order valence-corrected chi connectivity index (χ1v) is 10.9. The number of fused-ring (bicyclic) bond motifs is 1. The summed E-state index contributed by atoms with van der Waals surface area (Å²) in [5, 5.41) is 0. The number of hydrogen-bond donors (Lipinski definition) is 0. The summed E-state index contributed by atoms with van der Waals surface area (Å²) >= 11 is 0. The zero-order chi connectivity index (χ0) is 20.2. The minimum absolute atomic E-state index is 0.168. The van der Waals surface area contributed by atoms with Gasteiger partial charge in [0.1, 0.15) is 5.75 Å². The van der Waals surface area contributed by atoms with Crippen LogP contribution in [-0.2, 0) is 11.2 Å². The molecule has 0 saturated carbocycles. The molecule has 1 unspecified atom stereocenters. The molecule has 0 N–H and O–H groups in total. The van der Waals surface area contributed by atoms with Crippen LogP contribution in [0.3, 0.4) is 0 Å². The summed E-state index contributed by atoms with van der Waals surface area (Å²) in [7, 11) is 0. The van der Waals surface area contributed by atoms with Crippen LogP contribution in [0.25, 0.3) is 0 Å². The minimum atomic E-state index is 0.168. The number of aromatic nitrogens is 1. The maximum absolute atomic E-state index is 13.2. The molecule has 1 saturated heterocycles. The predicted molar refractivity (Wildman–Crippen MR) is 116 cm³/mol. The molecular formula is C24H31N3O2. The van der Waals surface area contributed by atoms with Crippen molar-refractivity contribution in [3.05, 3.63) is 53.9 Å². The highest BCUT2D eigenvalue weighted by Crippen LogP contribution is 2.35. The number of pyridine rings is 1. The molecule has 1 aromatic carbocycles. The lowest BCUT2D eigenvalue weighted by molar-refractivity contribution is -0.119. The summed E-state index contributed by atoms with van der Waals surface area (Å²) in [6, 6.07) is 10.9. The number of hydrogen-bond acceptors (Lipinski definition) is 4. The third-order valence-electron chi connectivity index (χ3n) is 6.22. The van der Waals surface area contributed by atoms with Gasteiger partial charge in [-0.05, 0) is 55.0 Å². The third-order valence-corrected chi connectivity index (χ3v) is 6.22. The van der Waals surface area contributed by atoms with Crippen LogP contribution in [-0.4, -0.2) is 48.1 Å². The quantitative estimate of drug-likeness (QED) is 0.713. The lowest BCUT2D eigenvalue weighted by Gasteiger charge is -2.27. The van der Waals surface area contributed by atoms with Crippen molar-refractivity contribution in [1.29, 1.82) is 0 Å². The Bertz CT molecular complexity index is 839. The molecular weight excluding hydrogens is 362 g/mol. The van der Waals surface area contributed by atoms with Crippen LogP contribution >= 0.6 is 0 Å². The maximum Gasteiger partial charge on any atom is 0.241 e. The van der Waals surface area contributed by atoms with Gasteiger partial charge in [-0.15, -0.1) is 0 Å². The Balaban J connectivity index is 1.43. The summed E-state index contributed by atoms with van der Waals surface area (Å²) in [5.74, 6) is 1.68. The number of anilines is 1. The van der Waals surface area contributed by atoms with Gasteiger partial charge in [0.15, 0.2) is 0 Å². The van der Waals surface area contributed by atoms with E-state index in [9.17, 15) is 4.79 Å². The Morgan fingerprint density at radius 3 is 3.03 bits per heavy atom. The molecule has 1 fully saturated rings. The van der Waals surface area contributed by atoms with E-state index in [4.69, 9.17) is 4.74 Å². The molecule has 3 heterocycles. The van der Waals surface area contributed by atoms with Gasteiger partial charge < -0.3 is 9.64 Å². The fraction of sp³-hybridized carbons (Fsp3) is 0.500. The van der Waals surface area contributed by atoms with Crippen molar-refractivity contribution in [2.45, 2.75) is 51.5 Å². The van der Waals surface area contributed by atoms with E-state index in [-0.39, 0.29) is 5.91 Å². The molecule has 29 heavy (non-hydrogen) atoms. The summed E-state index contributed by atoms with van der Waals surface area (Å²) in [6.45, 7) is 7.33. The lowest BCUT2D eigenvalue weighted by Crippen LogP contribution is -2.42. The second-order valence-corrected chi connectivity index (χ2v) is 8.29. The number of carbonyl (C=O) groups excluding carboxylic acids is 1. The van der Waals surface area contributed by atoms with Crippen LogP contribution in [0.4, 0.5) is 5.69 Å². The number of likely N-dealkylation sites (tertiary alicyclic amines) is 1. The van der Waals surface area contributed by atoms with E-state index in [1.165, 1.54) is 11.1 Å². The second-order valence-electron chi connectivity index (χ2n) is 8.29. The average molecular weight is 394 g/mol. The van der Waals surface area contributed by atoms with E-state index >= 15 is 0 Å². The van der Waals surface area contributed by atoms with E-state index in [1.807, 2.05) is 17.0 Å². The Morgan fingerprint density at radius 2 is 2.24 bits per heavy atom. The minimum Gasteiger partial charge on any atom is -0.493 e. The van der Waals surface area contributed by atoms with Crippen LogP contribution in [0.1, 0.15) is 50.2 Å². The zero-order valence-corrected chi connectivity index (χ0v) is 17.5. The van der Waals surface area contributed by atoms with Crippen molar-refractivity contribution in [2.24, 2.45) is 0 Å². The first-order valence-electron chi connectivity index (χ1n) is 10.9. The molecule has 2 atom stereocenters. The van der Waals surface area contributed by atoms with Crippen LogP contribution < -0.4 is 9.64 Å². The smallest absolute Gasteiger partial charge is 0.241 e. The Kier molecular flexibility index (Phi) is 6.14. The van der Waals surface area contributed by atoms with Gasteiger partial charge in [-0.3, -0.25) is 14.7 Å². The highest BCUT2D eigenvalue weighted by molar-refractivity contribution is 5.94. The fourth-order valence-electron chi connectivity index (χ4n) is 4.51. The van der Waals surface area contributed by atoms with Gasteiger partial charge in [0.25, 0.3) is 0 Å². The summed E-state index contributed by atoms with van der Waals surface area (Å²) in [6.07, 6.45) is 7.70. The molecule has 0 radical (unpaired) electrons. The largest absolute Gasteiger partial charge is 0.493 e. The van der Waals surface area contributed by atoms with Crippen LogP contribution in [0.15, 0.2) is 42.7 Å². The number of nitrogens with zero attached hydrogens (tertiary/aromatic N) is 3. The molecule has 154 valence electrons.